The van der Waals surface area contributed by atoms with Crippen LogP contribution in [0.1, 0.15) is 11.1 Å². The average Bonchev–Trinajstić information content (AvgIpc) is 2.78. The molecule has 0 bridgehead atoms. The molecule has 24 heavy (non-hydrogen) atoms. The van der Waals surface area contributed by atoms with Gasteiger partial charge in [-0.2, -0.15) is 0 Å². The summed E-state index contributed by atoms with van der Waals surface area (Å²) in [5.41, 5.74) is 2.86. The van der Waals surface area contributed by atoms with Gasteiger partial charge in [0.15, 0.2) is 11.5 Å². The summed E-state index contributed by atoms with van der Waals surface area (Å²) in [7, 11) is 4.60. The molecule has 0 saturated heterocycles. The molecular formula is C18H18N2O4. The summed E-state index contributed by atoms with van der Waals surface area (Å²) in [4.78, 5) is 16.6. The molecule has 0 saturated carbocycles. The number of carbonyl (C=O) groups is 1. The van der Waals surface area contributed by atoms with E-state index in [4.69, 9.17) is 14.2 Å². The maximum Gasteiger partial charge on any atom is 0.246 e. The number of benzodiazepines with no additional fused rings is 1. The van der Waals surface area contributed by atoms with Crippen LogP contribution in [0.15, 0.2) is 41.4 Å². The van der Waals surface area contributed by atoms with Gasteiger partial charge in [0, 0.05) is 11.1 Å². The molecule has 6 heteroatoms. The number of nitrogens with zero attached hydrogens (tertiary/aromatic N) is 1. The van der Waals surface area contributed by atoms with Gasteiger partial charge in [0.25, 0.3) is 0 Å². The molecule has 3 rings (SSSR count). The third kappa shape index (κ3) is 2.67. The van der Waals surface area contributed by atoms with Gasteiger partial charge in [-0.1, -0.05) is 30.3 Å². The van der Waals surface area contributed by atoms with Crippen molar-refractivity contribution in [2.75, 3.05) is 33.2 Å². The number of fused-ring (bicyclic) bond motifs is 1. The number of anilines is 1. The van der Waals surface area contributed by atoms with Crippen molar-refractivity contribution in [3.63, 3.8) is 0 Å². The number of amides is 1. The zero-order valence-corrected chi connectivity index (χ0v) is 13.8. The lowest BCUT2D eigenvalue weighted by Gasteiger charge is -2.19. The largest absolute Gasteiger partial charge is 0.493 e. The van der Waals surface area contributed by atoms with Crippen molar-refractivity contribution in [3.05, 3.63) is 47.5 Å². The van der Waals surface area contributed by atoms with E-state index in [0.717, 1.165) is 11.1 Å². The highest BCUT2D eigenvalue weighted by atomic mass is 16.5. The highest BCUT2D eigenvalue weighted by Gasteiger charge is 2.27. The van der Waals surface area contributed by atoms with Crippen molar-refractivity contribution >= 4 is 17.3 Å². The molecular weight excluding hydrogens is 308 g/mol. The van der Waals surface area contributed by atoms with E-state index in [1.165, 1.54) is 14.2 Å². The maximum absolute atomic E-state index is 12.1. The molecule has 2 aromatic carbocycles. The number of carbonyl (C=O) groups excluding carboxylic acids is 1. The fourth-order valence-electron chi connectivity index (χ4n) is 2.72. The molecule has 0 fully saturated rings. The van der Waals surface area contributed by atoms with E-state index >= 15 is 0 Å². The summed E-state index contributed by atoms with van der Waals surface area (Å²) in [5, 5.41) is 2.85. The quantitative estimate of drug-likeness (QED) is 0.937. The first-order valence-corrected chi connectivity index (χ1v) is 7.42. The first kappa shape index (κ1) is 15.9. The molecule has 1 aliphatic heterocycles. The molecule has 6 nitrogen and oxygen atoms in total. The Balaban J connectivity index is 2.30. The monoisotopic (exact) mass is 326 g/mol. The Bertz CT molecular complexity index is 800. The van der Waals surface area contributed by atoms with Crippen LogP contribution in [-0.4, -0.2) is 39.5 Å². The van der Waals surface area contributed by atoms with Gasteiger partial charge >= 0.3 is 0 Å². The van der Waals surface area contributed by atoms with E-state index in [9.17, 15) is 4.79 Å². The first-order chi connectivity index (χ1) is 11.7. The Morgan fingerprint density at radius 3 is 2.33 bits per heavy atom. The van der Waals surface area contributed by atoms with E-state index in [1.54, 1.807) is 13.2 Å². The topological polar surface area (TPSA) is 69.2 Å². The normalized spacial score (nSPS) is 13.3. The van der Waals surface area contributed by atoms with Crippen LogP contribution in [0.3, 0.4) is 0 Å². The third-order valence-corrected chi connectivity index (χ3v) is 3.78. The highest BCUT2D eigenvalue weighted by molar-refractivity contribution is 6.20. The molecule has 1 amide bonds. The van der Waals surface area contributed by atoms with E-state index in [1.807, 2.05) is 30.3 Å². The van der Waals surface area contributed by atoms with E-state index in [2.05, 4.69) is 10.3 Å². The van der Waals surface area contributed by atoms with Gasteiger partial charge < -0.3 is 19.5 Å². The molecule has 0 aliphatic carbocycles. The van der Waals surface area contributed by atoms with Crippen molar-refractivity contribution in [1.29, 1.82) is 0 Å². The zero-order valence-electron chi connectivity index (χ0n) is 13.8. The van der Waals surface area contributed by atoms with Gasteiger partial charge in [-0.3, -0.25) is 9.79 Å². The van der Waals surface area contributed by atoms with Gasteiger partial charge in [0.1, 0.15) is 6.54 Å². The van der Waals surface area contributed by atoms with Crippen LogP contribution in [0.25, 0.3) is 0 Å². The van der Waals surface area contributed by atoms with Crippen LogP contribution in [-0.2, 0) is 4.79 Å². The van der Waals surface area contributed by atoms with Crippen LogP contribution in [0, 0.1) is 0 Å². The van der Waals surface area contributed by atoms with Gasteiger partial charge in [0.2, 0.25) is 11.7 Å². The number of ether oxygens (including phenoxy) is 3. The van der Waals surface area contributed by atoms with Crippen LogP contribution < -0.4 is 19.5 Å². The smallest absolute Gasteiger partial charge is 0.246 e. The summed E-state index contributed by atoms with van der Waals surface area (Å²) in [6.45, 7) is 0.0344. The summed E-state index contributed by atoms with van der Waals surface area (Å²) in [6.07, 6.45) is 0. The molecule has 0 aromatic heterocycles. The second-order valence-electron chi connectivity index (χ2n) is 5.15. The van der Waals surface area contributed by atoms with Gasteiger partial charge in [-0.15, -0.1) is 0 Å². The number of benzene rings is 2. The molecule has 2 aromatic rings. The Hall–Kier alpha value is -3.02. The zero-order chi connectivity index (χ0) is 17.1. The molecule has 0 unspecified atom stereocenters. The fraction of sp³-hybridized carbons (Fsp3) is 0.222. The Kier molecular flexibility index (Phi) is 4.37. The lowest BCUT2D eigenvalue weighted by molar-refractivity contribution is -0.114. The Morgan fingerprint density at radius 2 is 1.71 bits per heavy atom. The van der Waals surface area contributed by atoms with Crippen molar-refractivity contribution < 1.29 is 19.0 Å². The summed E-state index contributed by atoms with van der Waals surface area (Å²) in [6, 6.07) is 11.5. The minimum absolute atomic E-state index is 0.0344. The SMILES string of the molecule is COc1cc2c(c(OC)c1OC)NC(=O)CN=C2c1ccccc1. The van der Waals surface area contributed by atoms with Gasteiger partial charge in [-0.25, -0.2) is 0 Å². The molecule has 0 atom stereocenters. The van der Waals surface area contributed by atoms with Gasteiger partial charge in [0.05, 0.1) is 32.7 Å². The highest BCUT2D eigenvalue weighted by Crippen LogP contribution is 2.46. The molecule has 1 N–H and O–H groups in total. The number of methoxy groups -OCH3 is 3. The standard InChI is InChI=1S/C18H18N2O4/c1-22-13-9-12-15(11-7-5-4-6-8-11)19-10-14(21)20-16(12)18(24-3)17(13)23-2/h4-9H,10H2,1-3H3,(H,20,21). The second kappa shape index (κ2) is 6.62. The van der Waals surface area contributed by atoms with Crippen molar-refractivity contribution in [3.8, 4) is 17.2 Å². The van der Waals surface area contributed by atoms with Crippen LogP contribution in [0.4, 0.5) is 5.69 Å². The second-order valence-corrected chi connectivity index (χ2v) is 5.15. The molecule has 0 radical (unpaired) electrons. The summed E-state index contributed by atoms with van der Waals surface area (Å²) < 4.78 is 16.3. The minimum Gasteiger partial charge on any atom is -0.493 e. The van der Waals surface area contributed by atoms with Crippen molar-refractivity contribution in [1.82, 2.24) is 0 Å². The number of nitrogens with one attached hydrogen (secondary N) is 1. The summed E-state index contributed by atoms with van der Waals surface area (Å²) >= 11 is 0. The molecule has 1 heterocycles. The van der Waals surface area contributed by atoms with Crippen LogP contribution >= 0.6 is 0 Å². The number of hydrogen-bond donors (Lipinski definition) is 1. The fourth-order valence-corrected chi connectivity index (χ4v) is 2.72. The Labute approximate surface area is 140 Å². The Morgan fingerprint density at radius 1 is 1.00 bits per heavy atom. The maximum atomic E-state index is 12.1. The molecule has 0 spiro atoms. The predicted molar refractivity (Wildman–Crippen MR) is 91.7 cm³/mol. The van der Waals surface area contributed by atoms with Crippen LogP contribution in [0.5, 0.6) is 17.2 Å². The first-order valence-electron chi connectivity index (χ1n) is 7.42. The average molecular weight is 326 g/mol. The van der Waals surface area contributed by atoms with E-state index in [0.29, 0.717) is 28.6 Å². The third-order valence-electron chi connectivity index (χ3n) is 3.78. The lowest BCUT2D eigenvalue weighted by atomic mass is 9.99. The van der Waals surface area contributed by atoms with Crippen molar-refractivity contribution in [2.45, 2.75) is 0 Å². The minimum atomic E-state index is -0.215. The van der Waals surface area contributed by atoms with Gasteiger partial charge in [-0.05, 0) is 6.07 Å². The number of rotatable bonds is 4. The molecule has 124 valence electrons. The van der Waals surface area contributed by atoms with Crippen molar-refractivity contribution in [2.24, 2.45) is 4.99 Å². The number of hydrogen-bond acceptors (Lipinski definition) is 5. The lowest BCUT2D eigenvalue weighted by Crippen LogP contribution is -2.15. The van der Waals surface area contributed by atoms with Crippen LogP contribution in [0.2, 0.25) is 0 Å². The van der Waals surface area contributed by atoms with E-state index in [-0.39, 0.29) is 12.5 Å². The molecule has 1 aliphatic rings. The van der Waals surface area contributed by atoms with E-state index < -0.39 is 0 Å². The predicted octanol–water partition coefficient (Wildman–Crippen LogP) is 2.50. The number of aliphatic imine (C=N–C) groups is 1. The summed E-state index contributed by atoms with van der Waals surface area (Å²) in [5.74, 6) is 1.12.